The van der Waals surface area contributed by atoms with Gasteiger partial charge in [-0.25, -0.2) is 4.98 Å². The van der Waals surface area contributed by atoms with Gasteiger partial charge in [-0.05, 0) is 31.2 Å². The third-order valence-corrected chi connectivity index (χ3v) is 3.82. The summed E-state index contributed by atoms with van der Waals surface area (Å²) in [5, 5.41) is 5.24. The number of ether oxygens (including phenoxy) is 3. The van der Waals surface area contributed by atoms with Crippen LogP contribution in [0.5, 0.6) is 17.2 Å². The summed E-state index contributed by atoms with van der Waals surface area (Å²) in [6.07, 6.45) is 1.52. The van der Waals surface area contributed by atoms with Crippen LogP contribution >= 0.6 is 0 Å². The average molecular weight is 343 g/mol. The van der Waals surface area contributed by atoms with E-state index in [4.69, 9.17) is 14.2 Å². The highest BCUT2D eigenvalue weighted by molar-refractivity contribution is 6.18. The lowest BCUT2D eigenvalue weighted by Gasteiger charge is -2.32. The van der Waals surface area contributed by atoms with Gasteiger partial charge in [-0.3, -0.25) is 9.59 Å². The van der Waals surface area contributed by atoms with Crippen molar-refractivity contribution in [3.63, 3.8) is 0 Å². The van der Waals surface area contributed by atoms with Gasteiger partial charge in [0.15, 0.2) is 23.1 Å². The van der Waals surface area contributed by atoms with Gasteiger partial charge >= 0.3 is 0 Å². The highest BCUT2D eigenvalue weighted by Crippen LogP contribution is 2.33. The SMILES string of the molecule is COc1ccc(NC(=O)C2(C)Oc3cccnc3NC2=O)cc1OC. The molecular weight excluding hydrogens is 326 g/mol. The summed E-state index contributed by atoms with van der Waals surface area (Å²) in [5.41, 5.74) is -1.29. The first-order chi connectivity index (χ1) is 12.0. The van der Waals surface area contributed by atoms with Crippen molar-refractivity contribution in [2.45, 2.75) is 12.5 Å². The molecule has 1 unspecified atom stereocenters. The second-order valence-electron chi connectivity index (χ2n) is 5.46. The summed E-state index contributed by atoms with van der Waals surface area (Å²) in [5.74, 6) is 0.367. The zero-order chi connectivity index (χ0) is 18.0. The third kappa shape index (κ3) is 2.93. The Kier molecular flexibility index (Phi) is 4.18. The van der Waals surface area contributed by atoms with E-state index >= 15 is 0 Å². The molecule has 2 amide bonds. The van der Waals surface area contributed by atoms with Crippen molar-refractivity contribution in [1.29, 1.82) is 0 Å². The number of aromatic nitrogens is 1. The number of fused-ring (bicyclic) bond motifs is 1. The fourth-order valence-electron chi connectivity index (χ4n) is 2.37. The lowest BCUT2D eigenvalue weighted by molar-refractivity contribution is -0.143. The normalized spacial score (nSPS) is 18.4. The van der Waals surface area contributed by atoms with Crippen molar-refractivity contribution in [2.24, 2.45) is 0 Å². The monoisotopic (exact) mass is 343 g/mol. The molecule has 0 aliphatic carbocycles. The Morgan fingerprint density at radius 1 is 1.24 bits per heavy atom. The fourth-order valence-corrected chi connectivity index (χ4v) is 2.37. The van der Waals surface area contributed by atoms with E-state index in [0.717, 1.165) is 0 Å². The van der Waals surface area contributed by atoms with Crippen molar-refractivity contribution in [3.8, 4) is 17.2 Å². The molecule has 25 heavy (non-hydrogen) atoms. The molecule has 0 fully saturated rings. The van der Waals surface area contributed by atoms with Crippen LogP contribution in [0, 0.1) is 0 Å². The Morgan fingerprint density at radius 2 is 2.00 bits per heavy atom. The topological polar surface area (TPSA) is 98.8 Å². The van der Waals surface area contributed by atoms with E-state index in [-0.39, 0.29) is 5.82 Å². The summed E-state index contributed by atoms with van der Waals surface area (Å²) in [6.45, 7) is 1.40. The largest absolute Gasteiger partial charge is 0.493 e. The molecule has 2 aromatic rings. The van der Waals surface area contributed by atoms with E-state index < -0.39 is 17.4 Å². The van der Waals surface area contributed by atoms with Crippen molar-refractivity contribution in [1.82, 2.24) is 4.98 Å². The van der Waals surface area contributed by atoms with Gasteiger partial charge in [-0.15, -0.1) is 0 Å². The molecule has 130 valence electrons. The lowest BCUT2D eigenvalue weighted by Crippen LogP contribution is -2.56. The van der Waals surface area contributed by atoms with Crippen molar-refractivity contribution < 1.29 is 23.8 Å². The molecule has 0 saturated heterocycles. The van der Waals surface area contributed by atoms with Crippen LogP contribution in [0.4, 0.5) is 11.5 Å². The maximum atomic E-state index is 12.7. The van der Waals surface area contributed by atoms with E-state index in [0.29, 0.717) is 22.9 Å². The molecule has 1 aliphatic rings. The van der Waals surface area contributed by atoms with E-state index in [2.05, 4.69) is 15.6 Å². The molecule has 0 radical (unpaired) electrons. The molecule has 2 heterocycles. The van der Waals surface area contributed by atoms with E-state index in [1.807, 2.05) is 0 Å². The lowest BCUT2D eigenvalue weighted by atomic mass is 10.0. The van der Waals surface area contributed by atoms with Crippen LogP contribution in [0.15, 0.2) is 36.5 Å². The first-order valence-electron chi connectivity index (χ1n) is 7.47. The van der Waals surface area contributed by atoms with Crippen molar-refractivity contribution in [3.05, 3.63) is 36.5 Å². The zero-order valence-electron chi connectivity index (χ0n) is 14.0. The molecule has 1 atom stereocenters. The minimum absolute atomic E-state index is 0.281. The quantitative estimate of drug-likeness (QED) is 0.822. The average Bonchev–Trinajstić information content (AvgIpc) is 2.62. The zero-order valence-corrected chi connectivity index (χ0v) is 14.0. The number of hydrogen-bond donors (Lipinski definition) is 2. The third-order valence-electron chi connectivity index (χ3n) is 3.82. The Labute approximate surface area is 144 Å². The number of nitrogens with one attached hydrogen (secondary N) is 2. The predicted octanol–water partition coefficient (Wildman–Crippen LogP) is 1.83. The molecule has 1 aliphatic heterocycles. The summed E-state index contributed by atoms with van der Waals surface area (Å²) in [7, 11) is 3.01. The predicted molar refractivity (Wildman–Crippen MR) is 90.1 cm³/mol. The standard InChI is InChI=1S/C17H17N3O5/c1-17(16(22)20-14-12(25-17)5-4-8-18-14)15(21)19-10-6-7-11(23-2)13(9-10)24-3/h4-9H,1-3H3,(H,19,21)(H,18,20,22). The van der Waals surface area contributed by atoms with E-state index in [9.17, 15) is 9.59 Å². The molecule has 8 heteroatoms. The molecule has 8 nitrogen and oxygen atoms in total. The highest BCUT2D eigenvalue weighted by Gasteiger charge is 2.47. The van der Waals surface area contributed by atoms with Gasteiger partial charge in [0.1, 0.15) is 0 Å². The van der Waals surface area contributed by atoms with Crippen LogP contribution < -0.4 is 24.8 Å². The number of pyridine rings is 1. The van der Waals surface area contributed by atoms with E-state index in [1.165, 1.54) is 27.3 Å². The number of rotatable bonds is 4. The minimum atomic E-state index is -1.73. The van der Waals surface area contributed by atoms with E-state index in [1.54, 1.807) is 30.3 Å². The Hall–Kier alpha value is -3.29. The number of benzene rings is 1. The molecule has 1 aromatic heterocycles. The number of hydrogen-bond acceptors (Lipinski definition) is 6. The van der Waals surface area contributed by atoms with Crippen LogP contribution in [-0.4, -0.2) is 36.6 Å². The Bertz CT molecular complexity index is 839. The van der Waals surface area contributed by atoms with Crippen LogP contribution in [0.2, 0.25) is 0 Å². The van der Waals surface area contributed by atoms with Crippen molar-refractivity contribution in [2.75, 3.05) is 24.9 Å². The van der Waals surface area contributed by atoms with Gasteiger partial charge in [0.2, 0.25) is 0 Å². The fraction of sp³-hybridized carbons (Fsp3) is 0.235. The number of carbonyl (C=O) groups excluding carboxylic acids is 2. The molecular formula is C17H17N3O5. The Morgan fingerprint density at radius 3 is 2.72 bits per heavy atom. The van der Waals surface area contributed by atoms with Gasteiger partial charge in [0, 0.05) is 18.0 Å². The number of nitrogens with zero attached hydrogens (tertiary/aromatic N) is 1. The number of anilines is 2. The molecule has 2 N–H and O–H groups in total. The maximum Gasteiger partial charge on any atom is 0.279 e. The Balaban J connectivity index is 1.84. The molecule has 0 bridgehead atoms. The molecule has 0 saturated carbocycles. The van der Waals surface area contributed by atoms with Gasteiger partial charge in [0.05, 0.1) is 14.2 Å². The van der Waals surface area contributed by atoms with Crippen LogP contribution in [-0.2, 0) is 9.59 Å². The van der Waals surface area contributed by atoms with Crippen LogP contribution in [0.1, 0.15) is 6.92 Å². The van der Waals surface area contributed by atoms with Crippen LogP contribution in [0.3, 0.4) is 0 Å². The summed E-state index contributed by atoms with van der Waals surface area (Å²) < 4.78 is 16.0. The number of carbonyl (C=O) groups is 2. The number of methoxy groups -OCH3 is 2. The van der Waals surface area contributed by atoms with Gasteiger partial charge in [-0.2, -0.15) is 0 Å². The smallest absolute Gasteiger partial charge is 0.279 e. The highest BCUT2D eigenvalue weighted by atomic mass is 16.5. The van der Waals surface area contributed by atoms with Gasteiger partial charge in [-0.1, -0.05) is 0 Å². The number of amides is 2. The molecule has 1 aromatic carbocycles. The summed E-state index contributed by atoms with van der Waals surface area (Å²) in [6, 6.07) is 8.17. The van der Waals surface area contributed by atoms with Crippen LogP contribution in [0.25, 0.3) is 0 Å². The summed E-state index contributed by atoms with van der Waals surface area (Å²) >= 11 is 0. The first-order valence-corrected chi connectivity index (χ1v) is 7.47. The minimum Gasteiger partial charge on any atom is -0.493 e. The van der Waals surface area contributed by atoms with Gasteiger partial charge < -0.3 is 24.8 Å². The maximum absolute atomic E-state index is 12.7. The summed E-state index contributed by atoms with van der Waals surface area (Å²) in [4.78, 5) is 29.0. The second kappa shape index (κ2) is 6.31. The van der Waals surface area contributed by atoms with Gasteiger partial charge in [0.25, 0.3) is 17.4 Å². The first kappa shape index (κ1) is 16.6. The second-order valence-corrected chi connectivity index (χ2v) is 5.46. The van der Waals surface area contributed by atoms with Crippen molar-refractivity contribution >= 4 is 23.3 Å². The molecule has 0 spiro atoms. The molecule has 3 rings (SSSR count).